The third kappa shape index (κ3) is 3.99. The molecular formula is C46H38O4. The Morgan fingerprint density at radius 3 is 2.06 bits per heavy atom. The lowest BCUT2D eigenvalue weighted by Gasteiger charge is -2.30. The standard InChI is InChI=1S/C46H38O4/c1-22-19-35-39(34-16-10-14-32-31(13-9-15-33(32)34)30-18-17-28-11-7-8-12-29(28)20-30)41-36(21-37(47)27(6)43(41)48)40-38-25(4)24(3)26(5)44(49)46(38)50-45(23(22)2)42(35)40/h7,9-11,13-21,47-49H,8,12H2,1-6H3. The van der Waals surface area contributed by atoms with Crippen LogP contribution in [0.4, 0.5) is 0 Å². The van der Waals surface area contributed by atoms with Crippen molar-refractivity contribution in [2.75, 3.05) is 0 Å². The van der Waals surface area contributed by atoms with Crippen LogP contribution in [0.5, 0.6) is 28.7 Å². The van der Waals surface area contributed by atoms with E-state index in [4.69, 9.17) is 4.74 Å². The SMILES string of the molecule is Cc1cc2c(-c3cccc4c(-c5ccc6c(c5)CCC=C6)cccc34)c3c(O)c(C)c(O)cc3c3c2c(c1C)Oc1c(O)c(C)c(C)c(C)c1-3. The molecule has 50 heavy (non-hydrogen) atoms. The Kier molecular flexibility index (Phi) is 6.45. The first-order valence-corrected chi connectivity index (χ1v) is 17.3. The number of hydrogen-bond donors (Lipinski definition) is 3. The first-order chi connectivity index (χ1) is 24.1. The predicted octanol–water partition coefficient (Wildman–Crippen LogP) is 12.2. The molecule has 4 heteroatoms. The zero-order valence-corrected chi connectivity index (χ0v) is 29.2. The maximum atomic E-state index is 12.1. The lowest BCUT2D eigenvalue weighted by Crippen LogP contribution is -2.06. The molecule has 0 aromatic heterocycles. The van der Waals surface area contributed by atoms with Crippen molar-refractivity contribution >= 4 is 38.4 Å². The molecule has 9 rings (SSSR count). The fraction of sp³-hybridized carbons (Fsp3) is 0.174. The molecule has 0 unspecified atom stereocenters. The third-order valence-corrected chi connectivity index (χ3v) is 11.6. The number of allylic oxidation sites excluding steroid dienone is 1. The van der Waals surface area contributed by atoms with Gasteiger partial charge >= 0.3 is 0 Å². The highest BCUT2D eigenvalue weighted by atomic mass is 16.5. The number of ether oxygens (including phenoxy) is 1. The Balaban J connectivity index is 1.46. The topological polar surface area (TPSA) is 69.9 Å². The smallest absolute Gasteiger partial charge is 0.177 e. The molecule has 246 valence electrons. The van der Waals surface area contributed by atoms with Crippen LogP contribution in [0.2, 0.25) is 0 Å². The van der Waals surface area contributed by atoms with Crippen molar-refractivity contribution in [2.45, 2.75) is 54.4 Å². The van der Waals surface area contributed by atoms with Gasteiger partial charge in [0.05, 0.1) is 0 Å². The average Bonchev–Trinajstić information content (AvgIpc) is 3.13. The summed E-state index contributed by atoms with van der Waals surface area (Å²) in [6.45, 7) is 11.9. The maximum absolute atomic E-state index is 12.1. The van der Waals surface area contributed by atoms with Crippen molar-refractivity contribution in [1.29, 1.82) is 0 Å². The zero-order chi connectivity index (χ0) is 34.7. The normalized spacial score (nSPS) is 13.2. The summed E-state index contributed by atoms with van der Waals surface area (Å²) in [7, 11) is 0. The van der Waals surface area contributed by atoms with Crippen LogP contribution in [-0.4, -0.2) is 15.3 Å². The molecule has 0 saturated heterocycles. The molecule has 3 N–H and O–H groups in total. The highest BCUT2D eigenvalue weighted by Gasteiger charge is 2.33. The van der Waals surface area contributed by atoms with E-state index in [0.717, 1.165) is 90.0 Å². The van der Waals surface area contributed by atoms with Gasteiger partial charge in [0.2, 0.25) is 0 Å². The molecule has 0 amide bonds. The summed E-state index contributed by atoms with van der Waals surface area (Å²) in [6, 6.07) is 23.7. The van der Waals surface area contributed by atoms with Gasteiger partial charge < -0.3 is 20.1 Å². The van der Waals surface area contributed by atoms with Crippen LogP contribution in [0.15, 0.2) is 72.8 Å². The first-order valence-electron chi connectivity index (χ1n) is 17.3. The van der Waals surface area contributed by atoms with E-state index < -0.39 is 0 Å². The summed E-state index contributed by atoms with van der Waals surface area (Å²) >= 11 is 0. The lowest BCUT2D eigenvalue weighted by molar-refractivity contribution is 0.408. The van der Waals surface area contributed by atoms with Gasteiger partial charge in [0.15, 0.2) is 11.5 Å². The van der Waals surface area contributed by atoms with Crippen LogP contribution in [0.25, 0.3) is 71.8 Å². The van der Waals surface area contributed by atoms with Crippen molar-refractivity contribution in [1.82, 2.24) is 0 Å². The van der Waals surface area contributed by atoms with Gasteiger partial charge in [-0.1, -0.05) is 72.8 Å². The van der Waals surface area contributed by atoms with Gasteiger partial charge in [-0.25, -0.2) is 0 Å². The summed E-state index contributed by atoms with van der Waals surface area (Å²) in [6.07, 6.45) is 6.55. The average molecular weight is 655 g/mol. The zero-order valence-electron chi connectivity index (χ0n) is 29.2. The molecule has 1 aliphatic carbocycles. The predicted molar refractivity (Wildman–Crippen MR) is 206 cm³/mol. The second-order valence-corrected chi connectivity index (χ2v) is 14.2. The highest BCUT2D eigenvalue weighted by molar-refractivity contribution is 6.28. The second kappa shape index (κ2) is 10.6. The van der Waals surface area contributed by atoms with Crippen LogP contribution >= 0.6 is 0 Å². The van der Waals surface area contributed by atoms with Crippen LogP contribution in [0.3, 0.4) is 0 Å². The van der Waals surface area contributed by atoms with E-state index in [1.54, 1.807) is 13.0 Å². The summed E-state index contributed by atoms with van der Waals surface area (Å²) in [5.74, 6) is 1.27. The number of aromatic hydroxyl groups is 3. The van der Waals surface area contributed by atoms with E-state index >= 15 is 0 Å². The summed E-state index contributed by atoms with van der Waals surface area (Å²) in [5, 5.41) is 40.4. The molecular weight excluding hydrogens is 617 g/mol. The van der Waals surface area contributed by atoms with E-state index in [2.05, 4.69) is 93.6 Å². The number of aryl methyl sites for hydroxylation is 2. The van der Waals surface area contributed by atoms with Crippen LogP contribution in [0, 0.1) is 41.5 Å². The largest absolute Gasteiger partial charge is 0.508 e. The summed E-state index contributed by atoms with van der Waals surface area (Å²) in [4.78, 5) is 0. The van der Waals surface area contributed by atoms with E-state index in [9.17, 15) is 15.3 Å². The number of fused-ring (bicyclic) bond motifs is 6. The van der Waals surface area contributed by atoms with Crippen molar-refractivity contribution in [3.05, 3.63) is 117 Å². The Morgan fingerprint density at radius 2 is 1.28 bits per heavy atom. The van der Waals surface area contributed by atoms with E-state index in [0.29, 0.717) is 27.8 Å². The molecule has 7 aromatic rings. The third-order valence-electron chi connectivity index (χ3n) is 11.6. The fourth-order valence-corrected chi connectivity index (χ4v) is 8.46. The summed E-state index contributed by atoms with van der Waals surface area (Å²) in [5.41, 5.74) is 13.7. The lowest BCUT2D eigenvalue weighted by atomic mass is 9.79. The number of phenolic OH excluding ortho intramolecular Hbond substituents is 3. The van der Waals surface area contributed by atoms with E-state index in [-0.39, 0.29) is 17.2 Å². The number of benzene rings is 7. The van der Waals surface area contributed by atoms with Crippen molar-refractivity contribution in [2.24, 2.45) is 0 Å². The van der Waals surface area contributed by atoms with Crippen molar-refractivity contribution < 1.29 is 20.1 Å². The van der Waals surface area contributed by atoms with Gasteiger partial charge in [0.25, 0.3) is 0 Å². The van der Waals surface area contributed by atoms with Gasteiger partial charge in [0.1, 0.15) is 17.2 Å². The minimum Gasteiger partial charge on any atom is -0.508 e. The fourth-order valence-electron chi connectivity index (χ4n) is 8.46. The highest BCUT2D eigenvalue weighted by Crippen LogP contribution is 2.60. The van der Waals surface area contributed by atoms with Gasteiger partial charge in [-0.15, -0.1) is 0 Å². The Morgan fingerprint density at radius 1 is 0.560 bits per heavy atom. The molecule has 0 atom stereocenters. The summed E-state index contributed by atoms with van der Waals surface area (Å²) < 4.78 is 6.76. The molecule has 2 aliphatic rings. The molecule has 0 radical (unpaired) electrons. The Bertz CT molecular complexity index is 2710. The van der Waals surface area contributed by atoms with Gasteiger partial charge in [-0.05, 0) is 138 Å². The Labute approximate surface area is 291 Å². The number of rotatable bonds is 2. The molecule has 1 aliphatic heterocycles. The molecule has 0 fully saturated rings. The van der Waals surface area contributed by atoms with Crippen LogP contribution in [0.1, 0.15) is 50.9 Å². The van der Waals surface area contributed by atoms with Gasteiger partial charge in [-0.3, -0.25) is 0 Å². The minimum absolute atomic E-state index is 0.0168. The van der Waals surface area contributed by atoms with Gasteiger partial charge in [0, 0.05) is 33.0 Å². The monoisotopic (exact) mass is 654 g/mol. The van der Waals surface area contributed by atoms with E-state index in [1.165, 1.54) is 16.7 Å². The Hall–Kier alpha value is -5.74. The molecule has 0 saturated carbocycles. The number of hydrogen-bond acceptors (Lipinski definition) is 4. The van der Waals surface area contributed by atoms with Crippen molar-refractivity contribution in [3.8, 4) is 62.1 Å². The quantitative estimate of drug-likeness (QED) is 0.162. The minimum atomic E-state index is 0.0168. The molecule has 7 aromatic carbocycles. The molecule has 4 nitrogen and oxygen atoms in total. The van der Waals surface area contributed by atoms with Crippen molar-refractivity contribution in [3.63, 3.8) is 0 Å². The number of phenols is 3. The second-order valence-electron chi connectivity index (χ2n) is 14.2. The van der Waals surface area contributed by atoms with E-state index in [1.807, 2.05) is 13.8 Å². The first kappa shape index (κ1) is 30.3. The van der Waals surface area contributed by atoms with Crippen LogP contribution < -0.4 is 4.74 Å². The van der Waals surface area contributed by atoms with Gasteiger partial charge in [-0.2, -0.15) is 0 Å². The molecule has 1 heterocycles. The maximum Gasteiger partial charge on any atom is 0.177 e. The van der Waals surface area contributed by atoms with Crippen LogP contribution in [-0.2, 0) is 6.42 Å². The molecule has 0 bridgehead atoms. The molecule has 0 spiro atoms.